The molecule has 1 fully saturated rings. The number of alkyl halides is 3. The zero-order valence-electron chi connectivity index (χ0n) is 14.0. The second-order valence-electron chi connectivity index (χ2n) is 5.88. The number of nitrogens with zero attached hydrogens (tertiary/aromatic N) is 3. The number of hydrogen-bond acceptors (Lipinski definition) is 3. The Balaban J connectivity index is 1.84. The zero-order valence-corrected chi connectivity index (χ0v) is 14.9. The van der Waals surface area contributed by atoms with Crippen molar-refractivity contribution in [3.63, 3.8) is 0 Å². The number of guanidine groups is 1. The van der Waals surface area contributed by atoms with Gasteiger partial charge in [-0.15, -0.1) is 0 Å². The molecule has 7 nitrogen and oxygen atoms in total. The number of hydrogen-bond donors (Lipinski definition) is 2. The number of aromatic nitrogens is 1. The first-order chi connectivity index (χ1) is 11.6. The number of aliphatic imine (C=N–C) groups is 1. The van der Waals surface area contributed by atoms with Crippen molar-refractivity contribution in [2.75, 3.05) is 20.1 Å². The fourth-order valence-corrected chi connectivity index (χ4v) is 3.61. The van der Waals surface area contributed by atoms with Crippen molar-refractivity contribution in [2.24, 2.45) is 12.0 Å². The maximum absolute atomic E-state index is 12.6. The van der Waals surface area contributed by atoms with Crippen LogP contribution < -0.4 is 10.6 Å². The van der Waals surface area contributed by atoms with Crippen molar-refractivity contribution < 1.29 is 21.6 Å². The molecule has 2 heterocycles. The molecule has 25 heavy (non-hydrogen) atoms. The third-order valence-corrected chi connectivity index (χ3v) is 5.63. The van der Waals surface area contributed by atoms with Gasteiger partial charge >= 0.3 is 15.5 Å². The standard InChI is InChI=1S/C14H22F3N5O2S/c1-18-13(19-9-11-3-6-21(2)10-11)20-12-4-7-22(8-5-12)25(23,24)14(15,16)17/h3,6,10,12H,4-5,7-9H2,1-2H3,(H2,18,19,20). The molecule has 0 aliphatic carbocycles. The lowest BCUT2D eigenvalue weighted by Gasteiger charge is -2.32. The summed E-state index contributed by atoms with van der Waals surface area (Å²) in [6, 6.07) is 1.82. The largest absolute Gasteiger partial charge is 0.511 e. The van der Waals surface area contributed by atoms with Crippen LogP contribution in [0.3, 0.4) is 0 Å². The Labute approximate surface area is 145 Å². The molecule has 1 aromatic rings. The van der Waals surface area contributed by atoms with Gasteiger partial charge in [0, 0.05) is 52.2 Å². The summed E-state index contributed by atoms with van der Waals surface area (Å²) < 4.78 is 62.9. The summed E-state index contributed by atoms with van der Waals surface area (Å²) in [7, 11) is -1.73. The maximum Gasteiger partial charge on any atom is 0.511 e. The SMILES string of the molecule is CN=C(NCc1ccn(C)c1)NC1CCN(S(=O)(=O)C(F)(F)F)CC1. The topological polar surface area (TPSA) is 78.7 Å². The van der Waals surface area contributed by atoms with E-state index in [4.69, 9.17) is 0 Å². The van der Waals surface area contributed by atoms with Gasteiger partial charge in [0.05, 0.1) is 0 Å². The van der Waals surface area contributed by atoms with Gasteiger partial charge in [0.1, 0.15) is 0 Å². The second kappa shape index (κ2) is 7.65. The molecule has 0 saturated carbocycles. The van der Waals surface area contributed by atoms with Crippen molar-refractivity contribution in [1.29, 1.82) is 0 Å². The third kappa shape index (κ3) is 4.88. The van der Waals surface area contributed by atoms with Crippen molar-refractivity contribution in [2.45, 2.75) is 30.9 Å². The lowest BCUT2D eigenvalue weighted by Crippen LogP contribution is -2.51. The van der Waals surface area contributed by atoms with E-state index in [1.165, 1.54) is 0 Å². The van der Waals surface area contributed by atoms with Gasteiger partial charge in [-0.1, -0.05) is 0 Å². The monoisotopic (exact) mass is 381 g/mol. The summed E-state index contributed by atoms with van der Waals surface area (Å²) in [4.78, 5) is 4.09. The van der Waals surface area contributed by atoms with Gasteiger partial charge in [-0.3, -0.25) is 4.99 Å². The van der Waals surface area contributed by atoms with Gasteiger partial charge in [0.25, 0.3) is 0 Å². The van der Waals surface area contributed by atoms with Crippen LogP contribution in [0.15, 0.2) is 23.5 Å². The van der Waals surface area contributed by atoms with Crippen LogP contribution in [0, 0.1) is 0 Å². The molecular weight excluding hydrogens is 359 g/mol. The van der Waals surface area contributed by atoms with E-state index in [1.807, 2.05) is 30.1 Å². The average molecular weight is 381 g/mol. The predicted molar refractivity (Wildman–Crippen MR) is 88.3 cm³/mol. The maximum atomic E-state index is 12.6. The van der Waals surface area contributed by atoms with E-state index in [1.54, 1.807) is 7.05 Å². The molecule has 2 rings (SSSR count). The highest BCUT2D eigenvalue weighted by atomic mass is 32.2. The summed E-state index contributed by atoms with van der Waals surface area (Å²) >= 11 is 0. The van der Waals surface area contributed by atoms with Crippen LogP contribution >= 0.6 is 0 Å². The van der Waals surface area contributed by atoms with Gasteiger partial charge in [-0.2, -0.15) is 17.5 Å². The first-order valence-electron chi connectivity index (χ1n) is 7.78. The number of sulfonamides is 1. The van der Waals surface area contributed by atoms with Crippen LogP contribution in [0.2, 0.25) is 0 Å². The van der Waals surface area contributed by atoms with E-state index < -0.39 is 15.5 Å². The molecule has 0 atom stereocenters. The minimum Gasteiger partial charge on any atom is -0.357 e. The summed E-state index contributed by atoms with van der Waals surface area (Å²) in [5.74, 6) is 0.529. The Hall–Kier alpha value is -1.75. The molecule has 0 radical (unpaired) electrons. The van der Waals surface area contributed by atoms with Crippen molar-refractivity contribution >= 4 is 16.0 Å². The van der Waals surface area contributed by atoms with Gasteiger partial charge < -0.3 is 15.2 Å². The Morgan fingerprint density at radius 1 is 1.36 bits per heavy atom. The summed E-state index contributed by atoms with van der Waals surface area (Å²) in [5.41, 5.74) is -4.18. The molecule has 2 N–H and O–H groups in total. The Kier molecular flexibility index (Phi) is 5.99. The summed E-state index contributed by atoms with van der Waals surface area (Å²) in [6.45, 7) is 0.214. The van der Waals surface area contributed by atoms with Crippen molar-refractivity contribution in [3.8, 4) is 0 Å². The highest BCUT2D eigenvalue weighted by Gasteiger charge is 2.50. The van der Waals surface area contributed by atoms with Crippen LogP contribution in [-0.4, -0.2) is 54.9 Å². The Morgan fingerprint density at radius 2 is 2.00 bits per heavy atom. The normalized spacial score (nSPS) is 18.4. The van der Waals surface area contributed by atoms with Gasteiger partial charge in [-0.25, -0.2) is 8.42 Å². The molecule has 0 amide bonds. The van der Waals surface area contributed by atoms with E-state index in [0.717, 1.165) is 5.56 Å². The molecule has 0 unspecified atom stereocenters. The minimum atomic E-state index is -5.25. The van der Waals surface area contributed by atoms with Crippen LogP contribution in [0.5, 0.6) is 0 Å². The van der Waals surface area contributed by atoms with Crippen LogP contribution in [0.25, 0.3) is 0 Å². The fraction of sp³-hybridized carbons (Fsp3) is 0.643. The molecule has 1 aliphatic rings. The first-order valence-corrected chi connectivity index (χ1v) is 9.22. The van der Waals surface area contributed by atoms with Gasteiger partial charge in [-0.05, 0) is 24.5 Å². The lowest BCUT2D eigenvalue weighted by molar-refractivity contribution is -0.0494. The number of rotatable bonds is 4. The molecular formula is C14H22F3N5O2S. The number of nitrogens with one attached hydrogen (secondary N) is 2. The Bertz CT molecular complexity index is 706. The highest BCUT2D eigenvalue weighted by molar-refractivity contribution is 7.90. The molecule has 1 saturated heterocycles. The summed E-state index contributed by atoms with van der Waals surface area (Å²) in [5, 5.41) is 6.25. The van der Waals surface area contributed by atoms with Crippen molar-refractivity contribution in [1.82, 2.24) is 19.5 Å². The molecule has 1 aromatic heterocycles. The van der Waals surface area contributed by atoms with Crippen LogP contribution in [0.1, 0.15) is 18.4 Å². The molecule has 0 aromatic carbocycles. The quantitative estimate of drug-likeness (QED) is 0.603. The van der Waals surface area contributed by atoms with Crippen molar-refractivity contribution in [3.05, 3.63) is 24.0 Å². The first kappa shape index (κ1) is 19.6. The molecule has 0 bridgehead atoms. The smallest absolute Gasteiger partial charge is 0.357 e. The van der Waals surface area contributed by atoms with E-state index in [0.29, 0.717) is 16.8 Å². The van der Waals surface area contributed by atoms with Crippen LogP contribution in [0.4, 0.5) is 13.2 Å². The number of aryl methyl sites for hydroxylation is 1. The van der Waals surface area contributed by atoms with E-state index in [-0.39, 0.29) is 32.0 Å². The fourth-order valence-electron chi connectivity index (χ4n) is 2.63. The predicted octanol–water partition coefficient (Wildman–Crippen LogP) is 1.00. The molecule has 1 aliphatic heterocycles. The van der Waals surface area contributed by atoms with E-state index >= 15 is 0 Å². The van der Waals surface area contributed by atoms with Gasteiger partial charge in [0.2, 0.25) is 0 Å². The number of halogens is 3. The summed E-state index contributed by atoms with van der Waals surface area (Å²) in [6.07, 6.45) is 4.44. The molecule has 11 heteroatoms. The highest BCUT2D eigenvalue weighted by Crippen LogP contribution is 2.28. The minimum absolute atomic E-state index is 0.137. The van der Waals surface area contributed by atoms with Gasteiger partial charge in [0.15, 0.2) is 5.96 Å². The third-order valence-electron chi connectivity index (χ3n) is 4.00. The molecule has 142 valence electrons. The number of piperidine rings is 1. The second-order valence-corrected chi connectivity index (χ2v) is 7.81. The van der Waals surface area contributed by atoms with E-state index in [9.17, 15) is 21.6 Å². The van der Waals surface area contributed by atoms with Crippen LogP contribution in [-0.2, 0) is 23.6 Å². The average Bonchev–Trinajstić information content (AvgIpc) is 2.96. The lowest BCUT2D eigenvalue weighted by atomic mass is 10.1. The Morgan fingerprint density at radius 3 is 2.48 bits per heavy atom. The molecule has 0 spiro atoms. The van der Waals surface area contributed by atoms with E-state index in [2.05, 4.69) is 15.6 Å². The zero-order chi connectivity index (χ0) is 18.7.